The molecule has 0 saturated carbocycles. The molecular formula is C24H18FN3O3. The van der Waals surface area contributed by atoms with Gasteiger partial charge in [-0.1, -0.05) is 18.2 Å². The van der Waals surface area contributed by atoms with Crippen LogP contribution in [0.2, 0.25) is 0 Å². The molecule has 0 aliphatic heterocycles. The number of oxazole rings is 1. The van der Waals surface area contributed by atoms with Gasteiger partial charge in [-0.2, -0.15) is 0 Å². The summed E-state index contributed by atoms with van der Waals surface area (Å²) in [6.45, 7) is 2.13. The number of aromatic nitrogens is 2. The van der Waals surface area contributed by atoms with Crippen molar-refractivity contribution in [1.29, 1.82) is 0 Å². The molecule has 0 fully saturated rings. The Labute approximate surface area is 177 Å². The molecule has 0 unspecified atom stereocenters. The van der Waals surface area contributed by atoms with Gasteiger partial charge in [0.05, 0.1) is 17.8 Å². The van der Waals surface area contributed by atoms with E-state index >= 15 is 0 Å². The summed E-state index contributed by atoms with van der Waals surface area (Å²) in [4.78, 5) is 17.3. The van der Waals surface area contributed by atoms with Crippen molar-refractivity contribution in [2.45, 2.75) is 13.5 Å². The molecule has 0 aliphatic carbocycles. The molecular weight excluding hydrogens is 397 g/mol. The van der Waals surface area contributed by atoms with E-state index in [1.165, 1.54) is 24.8 Å². The minimum absolute atomic E-state index is 0.251. The van der Waals surface area contributed by atoms with Crippen molar-refractivity contribution >= 4 is 11.4 Å². The Balaban J connectivity index is 1.56. The average molecular weight is 415 g/mol. The molecule has 0 spiro atoms. The Morgan fingerprint density at radius 2 is 1.90 bits per heavy atom. The minimum Gasteiger partial charge on any atom is -0.465 e. The molecule has 0 atom stereocenters. The third-order valence-corrected chi connectivity index (χ3v) is 5.08. The SMILES string of the molecule is Cc1ccc(CNC(=O)c2cc3ccc(-c4ccc(F)cc4)cn3c2-c2cocn2)o1. The number of carbonyl (C=O) groups is 1. The van der Waals surface area contributed by atoms with E-state index in [0.29, 0.717) is 22.7 Å². The van der Waals surface area contributed by atoms with Gasteiger partial charge in [-0.05, 0) is 54.4 Å². The number of furan rings is 1. The van der Waals surface area contributed by atoms with E-state index in [4.69, 9.17) is 8.83 Å². The largest absolute Gasteiger partial charge is 0.465 e. The lowest BCUT2D eigenvalue weighted by molar-refractivity contribution is 0.0948. The van der Waals surface area contributed by atoms with Gasteiger partial charge >= 0.3 is 0 Å². The quantitative estimate of drug-likeness (QED) is 0.427. The average Bonchev–Trinajstić information content (AvgIpc) is 3.51. The van der Waals surface area contributed by atoms with Gasteiger partial charge in [-0.15, -0.1) is 0 Å². The highest BCUT2D eigenvalue weighted by atomic mass is 19.1. The van der Waals surface area contributed by atoms with E-state index in [0.717, 1.165) is 22.4 Å². The fourth-order valence-electron chi connectivity index (χ4n) is 3.59. The number of aryl methyl sites for hydroxylation is 1. The fourth-order valence-corrected chi connectivity index (χ4v) is 3.59. The van der Waals surface area contributed by atoms with Gasteiger partial charge in [0.25, 0.3) is 5.91 Å². The third kappa shape index (κ3) is 3.61. The van der Waals surface area contributed by atoms with Crippen LogP contribution in [0.4, 0.5) is 4.39 Å². The first-order chi connectivity index (χ1) is 15.1. The summed E-state index contributed by atoms with van der Waals surface area (Å²) in [6, 6.07) is 15.6. The molecule has 0 saturated heterocycles. The lowest BCUT2D eigenvalue weighted by Crippen LogP contribution is -2.22. The van der Waals surface area contributed by atoms with Crippen molar-refractivity contribution in [1.82, 2.24) is 14.7 Å². The van der Waals surface area contributed by atoms with Gasteiger partial charge in [0.2, 0.25) is 0 Å². The lowest BCUT2D eigenvalue weighted by atomic mass is 10.1. The van der Waals surface area contributed by atoms with Gasteiger partial charge in [0, 0.05) is 11.7 Å². The van der Waals surface area contributed by atoms with Gasteiger partial charge in [0.15, 0.2) is 6.39 Å². The van der Waals surface area contributed by atoms with Crippen molar-refractivity contribution in [2.75, 3.05) is 0 Å². The van der Waals surface area contributed by atoms with Crippen LogP contribution >= 0.6 is 0 Å². The Bertz CT molecular complexity index is 1370. The van der Waals surface area contributed by atoms with Gasteiger partial charge in [-0.25, -0.2) is 9.37 Å². The van der Waals surface area contributed by atoms with Crippen LogP contribution in [0.3, 0.4) is 0 Å². The number of fused-ring (bicyclic) bond motifs is 1. The number of rotatable bonds is 5. The highest BCUT2D eigenvalue weighted by Gasteiger charge is 2.21. The lowest BCUT2D eigenvalue weighted by Gasteiger charge is -2.07. The Kier molecular flexibility index (Phi) is 4.63. The van der Waals surface area contributed by atoms with E-state index in [1.54, 1.807) is 18.2 Å². The fraction of sp³-hybridized carbons (Fsp3) is 0.0833. The van der Waals surface area contributed by atoms with Crippen molar-refractivity contribution in [3.05, 3.63) is 96.4 Å². The number of hydrogen-bond donors (Lipinski definition) is 1. The molecule has 4 aromatic heterocycles. The normalized spacial score (nSPS) is 11.2. The maximum Gasteiger partial charge on any atom is 0.253 e. The summed E-state index contributed by atoms with van der Waals surface area (Å²) in [5.41, 5.74) is 4.18. The number of nitrogens with one attached hydrogen (secondary N) is 1. The molecule has 154 valence electrons. The predicted octanol–water partition coefficient (Wildman–Crippen LogP) is 5.23. The molecule has 1 aromatic carbocycles. The molecule has 4 heterocycles. The minimum atomic E-state index is -0.292. The second-order valence-electron chi connectivity index (χ2n) is 7.19. The number of pyridine rings is 1. The summed E-state index contributed by atoms with van der Waals surface area (Å²) in [5, 5.41) is 2.90. The van der Waals surface area contributed by atoms with Crippen LogP contribution in [-0.4, -0.2) is 15.3 Å². The molecule has 5 aromatic rings. The highest BCUT2D eigenvalue weighted by molar-refractivity contribution is 6.02. The number of nitrogens with zero attached hydrogens (tertiary/aromatic N) is 2. The van der Waals surface area contributed by atoms with Crippen LogP contribution < -0.4 is 5.32 Å². The summed E-state index contributed by atoms with van der Waals surface area (Å²) < 4.78 is 25.9. The van der Waals surface area contributed by atoms with Crippen LogP contribution in [0.1, 0.15) is 21.9 Å². The van der Waals surface area contributed by atoms with E-state index in [-0.39, 0.29) is 18.3 Å². The van der Waals surface area contributed by atoms with Crippen LogP contribution in [0.15, 0.2) is 82.3 Å². The van der Waals surface area contributed by atoms with Crippen LogP contribution in [0, 0.1) is 12.7 Å². The molecule has 0 bridgehead atoms. The Hall–Kier alpha value is -4.13. The molecule has 0 aliphatic rings. The molecule has 6 nitrogen and oxygen atoms in total. The maximum absolute atomic E-state index is 13.3. The van der Waals surface area contributed by atoms with E-state index in [1.807, 2.05) is 41.8 Å². The Morgan fingerprint density at radius 3 is 2.61 bits per heavy atom. The number of amides is 1. The monoisotopic (exact) mass is 415 g/mol. The molecule has 0 radical (unpaired) electrons. The summed E-state index contributed by atoms with van der Waals surface area (Å²) in [7, 11) is 0. The van der Waals surface area contributed by atoms with E-state index in [9.17, 15) is 9.18 Å². The zero-order valence-corrected chi connectivity index (χ0v) is 16.6. The van der Waals surface area contributed by atoms with Crippen LogP contribution in [0.25, 0.3) is 28.0 Å². The van der Waals surface area contributed by atoms with E-state index < -0.39 is 0 Å². The third-order valence-electron chi connectivity index (χ3n) is 5.08. The Morgan fingerprint density at radius 1 is 1.10 bits per heavy atom. The first-order valence-electron chi connectivity index (χ1n) is 9.71. The van der Waals surface area contributed by atoms with Crippen molar-refractivity contribution in [3.63, 3.8) is 0 Å². The standard InChI is InChI=1S/C24H18FN3O3/c1-15-2-9-20(31-15)11-26-24(29)21-10-19-8-5-17(16-3-6-18(25)7-4-16)12-28(19)23(21)22-13-30-14-27-22/h2-10,12-14H,11H2,1H3,(H,26,29). The van der Waals surface area contributed by atoms with Gasteiger partial charge in [-0.3, -0.25) is 4.79 Å². The summed E-state index contributed by atoms with van der Waals surface area (Å²) in [6.07, 6.45) is 4.73. The van der Waals surface area contributed by atoms with Crippen molar-refractivity contribution in [2.24, 2.45) is 0 Å². The van der Waals surface area contributed by atoms with Crippen LogP contribution in [0.5, 0.6) is 0 Å². The smallest absolute Gasteiger partial charge is 0.253 e. The number of hydrogen-bond acceptors (Lipinski definition) is 4. The first-order valence-corrected chi connectivity index (χ1v) is 9.71. The van der Waals surface area contributed by atoms with Gasteiger partial charge < -0.3 is 18.6 Å². The second kappa shape index (κ2) is 7.60. The first kappa shape index (κ1) is 18.9. The van der Waals surface area contributed by atoms with Crippen molar-refractivity contribution in [3.8, 4) is 22.5 Å². The van der Waals surface area contributed by atoms with E-state index in [2.05, 4.69) is 10.3 Å². The highest BCUT2D eigenvalue weighted by Crippen LogP contribution is 2.29. The molecule has 1 amide bonds. The number of benzene rings is 1. The summed E-state index contributed by atoms with van der Waals surface area (Å²) >= 11 is 0. The molecule has 31 heavy (non-hydrogen) atoms. The molecule has 7 heteroatoms. The van der Waals surface area contributed by atoms with Gasteiger partial charge in [0.1, 0.15) is 29.3 Å². The predicted molar refractivity (Wildman–Crippen MR) is 113 cm³/mol. The van der Waals surface area contributed by atoms with Crippen molar-refractivity contribution < 1.29 is 18.0 Å². The second-order valence-corrected chi connectivity index (χ2v) is 7.19. The topological polar surface area (TPSA) is 72.7 Å². The number of carbonyl (C=O) groups excluding carboxylic acids is 1. The number of halogens is 1. The zero-order chi connectivity index (χ0) is 21.4. The molecule has 5 rings (SSSR count). The maximum atomic E-state index is 13.3. The molecule has 1 N–H and O–H groups in total. The van der Waals surface area contributed by atoms with Crippen LogP contribution in [-0.2, 0) is 6.54 Å². The zero-order valence-electron chi connectivity index (χ0n) is 16.6. The summed E-state index contributed by atoms with van der Waals surface area (Å²) in [5.74, 6) is 0.922.